The zero-order valence-electron chi connectivity index (χ0n) is 16.9. The van der Waals surface area contributed by atoms with Crippen LogP contribution in [0.4, 0.5) is 15.3 Å². The number of fused-ring (bicyclic) bond motifs is 1. The van der Waals surface area contributed by atoms with Crippen LogP contribution in [0.1, 0.15) is 17.1 Å². The molecular formula is C20H23N7O3S. The summed E-state index contributed by atoms with van der Waals surface area (Å²) in [5, 5.41) is 9.01. The van der Waals surface area contributed by atoms with Crippen LogP contribution in [-0.2, 0) is 11.3 Å². The van der Waals surface area contributed by atoms with E-state index in [-0.39, 0.29) is 18.5 Å². The maximum atomic E-state index is 13.0. The Morgan fingerprint density at radius 2 is 2.06 bits per heavy atom. The topological polar surface area (TPSA) is 148 Å². The van der Waals surface area contributed by atoms with Crippen molar-refractivity contribution < 1.29 is 14.4 Å². The number of aromatic nitrogens is 2. The molecular weight excluding hydrogens is 418 g/mol. The minimum absolute atomic E-state index is 0.245. The highest BCUT2D eigenvalue weighted by Gasteiger charge is 2.38. The fraction of sp³-hybridized carbons (Fsp3) is 0.300. The van der Waals surface area contributed by atoms with E-state index in [4.69, 9.17) is 11.5 Å². The van der Waals surface area contributed by atoms with E-state index in [9.17, 15) is 14.4 Å². The van der Waals surface area contributed by atoms with Gasteiger partial charge >= 0.3 is 12.1 Å². The molecule has 3 aromatic rings. The number of carbonyl (C=O) groups excluding carboxylic acids is 3. The van der Waals surface area contributed by atoms with Crippen LogP contribution < -0.4 is 22.1 Å². The van der Waals surface area contributed by atoms with Gasteiger partial charge in [-0.2, -0.15) is 0 Å². The minimum Gasteiger partial charge on any atom is -0.351 e. The highest BCUT2D eigenvalue weighted by molar-refractivity contribution is 7.09. The van der Waals surface area contributed by atoms with Gasteiger partial charge < -0.3 is 27.0 Å². The lowest BCUT2D eigenvalue weighted by atomic mass is 10.1. The number of para-hydroxylation sites is 1. The van der Waals surface area contributed by atoms with Crippen molar-refractivity contribution in [2.45, 2.75) is 32.0 Å². The van der Waals surface area contributed by atoms with Gasteiger partial charge in [0.25, 0.3) is 0 Å². The Balaban J connectivity index is 1.50. The number of aryl methyl sites for hydroxylation is 1. The molecule has 2 atom stereocenters. The molecule has 11 heteroatoms. The number of hydrogen-bond acceptors (Lipinski definition) is 6. The van der Waals surface area contributed by atoms with Crippen LogP contribution in [0.5, 0.6) is 0 Å². The second-order valence-corrected chi connectivity index (χ2v) is 8.41. The highest BCUT2D eigenvalue weighted by Crippen LogP contribution is 2.27. The average molecular weight is 442 g/mol. The van der Waals surface area contributed by atoms with Gasteiger partial charge in [-0.3, -0.25) is 9.36 Å². The van der Waals surface area contributed by atoms with Crippen LogP contribution >= 0.6 is 11.3 Å². The predicted octanol–water partition coefficient (Wildman–Crippen LogP) is 1.58. The monoisotopic (exact) mass is 441 g/mol. The van der Waals surface area contributed by atoms with Gasteiger partial charge in [0.05, 0.1) is 17.7 Å². The third kappa shape index (κ3) is 4.23. The first-order chi connectivity index (χ1) is 14.8. The summed E-state index contributed by atoms with van der Waals surface area (Å²) >= 11 is 1.47. The second kappa shape index (κ2) is 8.36. The van der Waals surface area contributed by atoms with Crippen molar-refractivity contribution in [2.75, 3.05) is 11.9 Å². The Labute approximate surface area is 182 Å². The fourth-order valence-corrected chi connectivity index (χ4v) is 4.47. The average Bonchev–Trinajstić information content (AvgIpc) is 3.43. The van der Waals surface area contributed by atoms with Crippen LogP contribution in [0.2, 0.25) is 0 Å². The molecule has 2 aromatic heterocycles. The lowest BCUT2D eigenvalue weighted by Crippen LogP contribution is -2.47. The van der Waals surface area contributed by atoms with Crippen molar-refractivity contribution in [2.24, 2.45) is 11.5 Å². The molecule has 6 N–H and O–H groups in total. The molecule has 0 unspecified atom stereocenters. The number of urea groups is 1. The first-order valence-corrected chi connectivity index (χ1v) is 10.6. The smallest absolute Gasteiger partial charge is 0.323 e. The summed E-state index contributed by atoms with van der Waals surface area (Å²) in [7, 11) is 0. The number of nitrogens with two attached hydrogens (primary N) is 2. The number of anilines is 1. The molecule has 31 heavy (non-hydrogen) atoms. The summed E-state index contributed by atoms with van der Waals surface area (Å²) in [4.78, 5) is 43.3. The summed E-state index contributed by atoms with van der Waals surface area (Å²) in [6.45, 7) is 2.43. The van der Waals surface area contributed by atoms with Crippen molar-refractivity contribution in [1.82, 2.24) is 19.8 Å². The van der Waals surface area contributed by atoms with Crippen molar-refractivity contribution >= 4 is 45.9 Å². The summed E-state index contributed by atoms with van der Waals surface area (Å²) < 4.78 is 1.26. The fourth-order valence-electron chi connectivity index (χ4n) is 3.75. The molecule has 4 amide bonds. The lowest BCUT2D eigenvalue weighted by Gasteiger charge is -2.23. The Hall–Kier alpha value is -3.44. The van der Waals surface area contributed by atoms with Crippen LogP contribution in [0, 0.1) is 6.92 Å². The molecule has 162 valence electrons. The Morgan fingerprint density at radius 3 is 2.77 bits per heavy atom. The predicted molar refractivity (Wildman–Crippen MR) is 118 cm³/mol. The number of amides is 4. The summed E-state index contributed by atoms with van der Waals surface area (Å²) in [6, 6.07) is 4.96. The molecule has 0 aliphatic carbocycles. The van der Waals surface area contributed by atoms with Crippen LogP contribution in [0.25, 0.3) is 10.9 Å². The van der Waals surface area contributed by atoms with E-state index in [1.54, 1.807) is 24.3 Å². The molecule has 0 radical (unpaired) electrons. The quantitative estimate of drug-likeness (QED) is 0.485. The van der Waals surface area contributed by atoms with E-state index in [1.165, 1.54) is 27.0 Å². The molecule has 0 spiro atoms. The first kappa shape index (κ1) is 20.8. The zero-order valence-corrected chi connectivity index (χ0v) is 17.7. The van der Waals surface area contributed by atoms with Crippen molar-refractivity contribution in [3.05, 3.63) is 46.5 Å². The second-order valence-electron chi connectivity index (χ2n) is 7.46. The van der Waals surface area contributed by atoms with E-state index >= 15 is 0 Å². The van der Waals surface area contributed by atoms with Gasteiger partial charge in [0, 0.05) is 35.2 Å². The normalized spacial score (nSPS) is 18.3. The highest BCUT2D eigenvalue weighted by atomic mass is 32.1. The maximum Gasteiger partial charge on any atom is 0.323 e. The third-order valence-electron chi connectivity index (χ3n) is 5.17. The van der Waals surface area contributed by atoms with E-state index in [1.807, 2.05) is 12.3 Å². The summed E-state index contributed by atoms with van der Waals surface area (Å²) in [5.74, 6) is -0.282. The summed E-state index contributed by atoms with van der Waals surface area (Å²) in [5.41, 5.74) is 13.4. The number of nitrogens with one attached hydrogen (secondary N) is 2. The number of benzene rings is 1. The Morgan fingerprint density at radius 1 is 1.29 bits per heavy atom. The van der Waals surface area contributed by atoms with Crippen molar-refractivity contribution in [3.63, 3.8) is 0 Å². The van der Waals surface area contributed by atoms with Crippen molar-refractivity contribution in [3.8, 4) is 0 Å². The molecule has 1 aliphatic heterocycles. The van der Waals surface area contributed by atoms with Crippen LogP contribution in [0.15, 0.2) is 35.8 Å². The number of thiazole rings is 1. The maximum absolute atomic E-state index is 13.0. The van der Waals surface area contributed by atoms with E-state index in [2.05, 4.69) is 15.6 Å². The number of hydrogen-bond donors (Lipinski definition) is 4. The van der Waals surface area contributed by atoms with E-state index < -0.39 is 18.1 Å². The Kier molecular flexibility index (Phi) is 5.61. The van der Waals surface area contributed by atoms with E-state index in [0.717, 1.165) is 10.7 Å². The standard InChI is InChI=1S/C20H23N7O3S/c1-11-10-31-17(24-11)7-23-18(28)16-6-12(21)8-27(16)20(30)25-14-9-26(19(22)29)15-5-3-2-4-13(14)15/h2-5,9-10,12,16H,6-8,21H2,1H3,(H2,22,29)(H,23,28)(H,25,30)/t12-,16-/m0/s1. The molecule has 3 heterocycles. The van der Waals surface area contributed by atoms with Gasteiger partial charge in [-0.05, 0) is 19.4 Å². The van der Waals surface area contributed by atoms with Gasteiger partial charge in [-0.25, -0.2) is 14.6 Å². The largest absolute Gasteiger partial charge is 0.351 e. The van der Waals surface area contributed by atoms with Gasteiger partial charge in [0.15, 0.2) is 0 Å². The first-order valence-electron chi connectivity index (χ1n) is 9.75. The van der Waals surface area contributed by atoms with Crippen LogP contribution in [0.3, 0.4) is 0 Å². The molecule has 0 saturated carbocycles. The molecule has 1 aromatic carbocycles. The van der Waals surface area contributed by atoms with Gasteiger partial charge in [-0.15, -0.1) is 11.3 Å². The number of primary amides is 1. The van der Waals surface area contributed by atoms with Crippen LogP contribution in [-0.4, -0.2) is 51.0 Å². The number of likely N-dealkylation sites (tertiary alicyclic amines) is 1. The SMILES string of the molecule is Cc1csc(CNC(=O)[C@@H]2C[C@H](N)CN2C(=O)Nc2cn(C(N)=O)c3ccccc23)n1. The van der Waals surface area contributed by atoms with Gasteiger partial charge in [-0.1, -0.05) is 18.2 Å². The van der Waals surface area contributed by atoms with E-state index in [0.29, 0.717) is 29.6 Å². The van der Waals surface area contributed by atoms with Gasteiger partial charge in [0.2, 0.25) is 5.91 Å². The number of carbonyl (C=O) groups is 3. The minimum atomic E-state index is -0.694. The summed E-state index contributed by atoms with van der Waals surface area (Å²) in [6.07, 6.45) is 1.83. The molecule has 10 nitrogen and oxygen atoms in total. The molecule has 1 aliphatic rings. The molecule has 4 rings (SSSR count). The molecule has 1 fully saturated rings. The lowest BCUT2D eigenvalue weighted by molar-refractivity contribution is -0.124. The Bertz CT molecular complexity index is 1150. The van der Waals surface area contributed by atoms with Crippen molar-refractivity contribution in [1.29, 1.82) is 0 Å². The third-order valence-corrected chi connectivity index (χ3v) is 6.14. The molecule has 1 saturated heterocycles. The number of rotatable bonds is 4. The zero-order chi connectivity index (χ0) is 22.1. The van der Waals surface area contributed by atoms with Gasteiger partial charge in [0.1, 0.15) is 11.0 Å². The number of nitrogens with zero attached hydrogens (tertiary/aromatic N) is 3. The molecule has 0 bridgehead atoms.